The molecule has 1 saturated heterocycles. The molecule has 150 valence electrons. The maximum absolute atomic E-state index is 13.0. The number of amides is 1. The molecule has 6 nitrogen and oxygen atoms in total. The number of ether oxygens (including phenoxy) is 1. The number of thiophene rings is 1. The first kappa shape index (κ1) is 18.4. The number of pyridine rings is 1. The third kappa shape index (κ3) is 2.96. The molecule has 1 atom stereocenters. The van der Waals surface area contributed by atoms with Crippen molar-refractivity contribution in [2.24, 2.45) is 0 Å². The van der Waals surface area contributed by atoms with E-state index >= 15 is 0 Å². The summed E-state index contributed by atoms with van der Waals surface area (Å²) in [5.74, 6) is 1.14. The Morgan fingerprint density at radius 3 is 3.07 bits per heavy atom. The van der Waals surface area contributed by atoms with E-state index in [9.17, 15) is 4.79 Å². The van der Waals surface area contributed by atoms with Gasteiger partial charge in [-0.2, -0.15) is 11.3 Å². The molecule has 3 aromatic rings. The van der Waals surface area contributed by atoms with E-state index in [2.05, 4.69) is 44.2 Å². The molecule has 5 rings (SSSR count). The Morgan fingerprint density at radius 1 is 1.31 bits per heavy atom. The van der Waals surface area contributed by atoms with Gasteiger partial charge in [-0.15, -0.1) is 0 Å². The van der Waals surface area contributed by atoms with Crippen molar-refractivity contribution >= 4 is 22.9 Å². The fraction of sp³-hybridized carbons (Fsp3) is 0.364. The molecular weight excluding hydrogens is 384 g/mol. The monoisotopic (exact) mass is 408 g/mol. The Labute approximate surface area is 174 Å². The summed E-state index contributed by atoms with van der Waals surface area (Å²) < 4.78 is 7.61. The molecule has 0 bridgehead atoms. The predicted molar refractivity (Wildman–Crippen MR) is 114 cm³/mol. The molecule has 7 heteroatoms. The minimum Gasteiger partial charge on any atom is -0.383 e. The van der Waals surface area contributed by atoms with Crippen LogP contribution in [0.1, 0.15) is 17.7 Å². The van der Waals surface area contributed by atoms with Crippen molar-refractivity contribution in [3.8, 4) is 5.82 Å². The van der Waals surface area contributed by atoms with Crippen molar-refractivity contribution in [3.63, 3.8) is 0 Å². The number of anilines is 1. The molecule has 0 aliphatic carbocycles. The molecular formula is C22H24N4O2S. The summed E-state index contributed by atoms with van der Waals surface area (Å²) in [6.45, 7) is 2.82. The van der Waals surface area contributed by atoms with Crippen LogP contribution in [-0.2, 0) is 21.5 Å². The SMILES string of the molecule is COCCN1c2cccnc2-n2cccc2C12CCN(C(=O)Cc1ccsc1)C2. The standard InChI is InChI=1S/C22H24N4O2S/c1-28-12-11-26-18-4-2-8-23-21(18)25-9-3-5-19(25)22(26)7-10-24(16-22)20(27)14-17-6-13-29-15-17/h2-6,8-9,13,15H,7,10-12,14,16H2,1H3. The van der Waals surface area contributed by atoms with E-state index in [4.69, 9.17) is 4.74 Å². The normalized spacial score (nSPS) is 20.2. The zero-order valence-corrected chi connectivity index (χ0v) is 17.3. The van der Waals surface area contributed by atoms with Gasteiger partial charge in [0.15, 0.2) is 5.82 Å². The highest BCUT2D eigenvalue weighted by Crippen LogP contribution is 2.46. The molecule has 3 aromatic heterocycles. The summed E-state index contributed by atoms with van der Waals surface area (Å²) in [7, 11) is 1.73. The van der Waals surface area contributed by atoms with Gasteiger partial charge >= 0.3 is 0 Å². The van der Waals surface area contributed by atoms with Crippen LogP contribution in [0.5, 0.6) is 0 Å². The molecule has 29 heavy (non-hydrogen) atoms. The number of rotatable bonds is 5. The summed E-state index contributed by atoms with van der Waals surface area (Å²) in [5, 5.41) is 4.08. The second kappa shape index (κ2) is 7.31. The Morgan fingerprint density at radius 2 is 2.24 bits per heavy atom. The van der Waals surface area contributed by atoms with Crippen LogP contribution in [0.3, 0.4) is 0 Å². The second-order valence-electron chi connectivity index (χ2n) is 7.66. The van der Waals surface area contributed by atoms with Crippen LogP contribution in [0.4, 0.5) is 5.69 Å². The van der Waals surface area contributed by atoms with Gasteiger partial charge in [0.25, 0.3) is 0 Å². The highest BCUT2D eigenvalue weighted by atomic mass is 32.1. The maximum Gasteiger partial charge on any atom is 0.227 e. The minimum atomic E-state index is -0.262. The van der Waals surface area contributed by atoms with Gasteiger partial charge in [-0.25, -0.2) is 4.98 Å². The largest absolute Gasteiger partial charge is 0.383 e. The quantitative estimate of drug-likeness (QED) is 0.651. The summed E-state index contributed by atoms with van der Waals surface area (Å²) >= 11 is 1.64. The van der Waals surface area contributed by atoms with E-state index in [0.717, 1.165) is 36.6 Å². The van der Waals surface area contributed by atoms with Gasteiger partial charge in [0.1, 0.15) is 5.54 Å². The number of likely N-dealkylation sites (tertiary alicyclic amines) is 1. The molecule has 2 aliphatic rings. The third-order valence-corrected chi connectivity index (χ3v) is 6.81. The second-order valence-corrected chi connectivity index (χ2v) is 8.44. The summed E-state index contributed by atoms with van der Waals surface area (Å²) in [5.41, 5.74) is 3.13. The summed E-state index contributed by atoms with van der Waals surface area (Å²) in [6.07, 6.45) is 5.27. The van der Waals surface area contributed by atoms with E-state index in [1.165, 1.54) is 5.69 Å². The van der Waals surface area contributed by atoms with Crippen molar-refractivity contribution in [2.75, 3.05) is 38.3 Å². The lowest BCUT2D eigenvalue weighted by Crippen LogP contribution is -2.53. The number of carbonyl (C=O) groups is 1. The van der Waals surface area contributed by atoms with Gasteiger partial charge in [0.2, 0.25) is 5.91 Å². The van der Waals surface area contributed by atoms with E-state index < -0.39 is 0 Å². The molecule has 0 saturated carbocycles. The van der Waals surface area contributed by atoms with E-state index in [0.29, 0.717) is 19.6 Å². The molecule has 1 fully saturated rings. The van der Waals surface area contributed by atoms with E-state index in [-0.39, 0.29) is 11.4 Å². The highest BCUT2D eigenvalue weighted by Gasteiger charge is 2.50. The number of nitrogens with zero attached hydrogens (tertiary/aromatic N) is 4. The molecule has 1 amide bonds. The molecule has 1 unspecified atom stereocenters. The lowest BCUT2D eigenvalue weighted by Gasteiger charge is -2.47. The molecule has 0 aromatic carbocycles. The number of aromatic nitrogens is 2. The number of hydrogen-bond acceptors (Lipinski definition) is 5. The minimum absolute atomic E-state index is 0.196. The number of fused-ring (bicyclic) bond motifs is 4. The summed E-state index contributed by atoms with van der Waals surface area (Å²) in [4.78, 5) is 22.1. The van der Waals surface area contributed by atoms with Gasteiger partial charge < -0.3 is 19.1 Å². The molecule has 2 aliphatic heterocycles. The average Bonchev–Trinajstić information content (AvgIpc) is 3.49. The van der Waals surface area contributed by atoms with Gasteiger partial charge in [0, 0.05) is 39.1 Å². The maximum atomic E-state index is 13.0. The topological polar surface area (TPSA) is 50.6 Å². The van der Waals surface area contributed by atoms with Crippen LogP contribution in [0.25, 0.3) is 5.82 Å². The van der Waals surface area contributed by atoms with Crippen molar-refractivity contribution in [2.45, 2.75) is 18.4 Å². The van der Waals surface area contributed by atoms with Gasteiger partial charge in [-0.05, 0) is 53.1 Å². The zero-order chi connectivity index (χ0) is 19.8. The Kier molecular flexibility index (Phi) is 4.64. The number of methoxy groups -OCH3 is 1. The lowest BCUT2D eigenvalue weighted by atomic mass is 9.89. The van der Waals surface area contributed by atoms with Crippen LogP contribution in [-0.4, -0.2) is 53.7 Å². The van der Waals surface area contributed by atoms with Crippen LogP contribution < -0.4 is 4.90 Å². The average molecular weight is 409 g/mol. The van der Waals surface area contributed by atoms with Crippen LogP contribution >= 0.6 is 11.3 Å². The first-order chi connectivity index (χ1) is 14.2. The van der Waals surface area contributed by atoms with E-state index in [1.54, 1.807) is 18.4 Å². The van der Waals surface area contributed by atoms with Crippen molar-refractivity contribution in [1.82, 2.24) is 14.5 Å². The first-order valence-corrected chi connectivity index (χ1v) is 10.9. The Hall–Kier alpha value is -2.64. The highest BCUT2D eigenvalue weighted by molar-refractivity contribution is 7.08. The van der Waals surface area contributed by atoms with Crippen LogP contribution in [0.2, 0.25) is 0 Å². The smallest absolute Gasteiger partial charge is 0.227 e. The van der Waals surface area contributed by atoms with E-state index in [1.807, 2.05) is 28.6 Å². The molecule has 1 spiro atoms. The van der Waals surface area contributed by atoms with Crippen molar-refractivity contribution in [1.29, 1.82) is 0 Å². The number of carbonyl (C=O) groups excluding carboxylic acids is 1. The number of hydrogen-bond donors (Lipinski definition) is 0. The van der Waals surface area contributed by atoms with Crippen molar-refractivity contribution < 1.29 is 9.53 Å². The zero-order valence-electron chi connectivity index (χ0n) is 16.5. The van der Waals surface area contributed by atoms with Crippen LogP contribution in [0, 0.1) is 0 Å². The molecule has 5 heterocycles. The van der Waals surface area contributed by atoms with Gasteiger partial charge in [-0.1, -0.05) is 0 Å². The van der Waals surface area contributed by atoms with Gasteiger partial charge in [-0.3, -0.25) is 4.79 Å². The fourth-order valence-electron chi connectivity index (χ4n) is 4.73. The Balaban J connectivity index is 1.51. The predicted octanol–water partition coefficient (Wildman–Crippen LogP) is 3.07. The third-order valence-electron chi connectivity index (χ3n) is 6.08. The first-order valence-electron chi connectivity index (χ1n) is 9.91. The van der Waals surface area contributed by atoms with Crippen LogP contribution in [0.15, 0.2) is 53.5 Å². The Bertz CT molecular complexity index is 1020. The fourth-order valence-corrected chi connectivity index (χ4v) is 5.40. The molecule has 0 N–H and O–H groups in total. The van der Waals surface area contributed by atoms with Crippen molar-refractivity contribution in [3.05, 3.63) is 64.7 Å². The lowest BCUT2D eigenvalue weighted by molar-refractivity contribution is -0.129. The molecule has 0 radical (unpaired) electrons. The van der Waals surface area contributed by atoms with Gasteiger partial charge in [0.05, 0.1) is 24.4 Å². The summed E-state index contributed by atoms with van der Waals surface area (Å²) in [6, 6.07) is 10.4.